The number of rotatable bonds is 7. The van der Waals surface area contributed by atoms with Gasteiger partial charge in [-0.15, -0.1) is 0 Å². The Morgan fingerprint density at radius 1 is 0.833 bits per heavy atom. The van der Waals surface area contributed by atoms with E-state index in [1.807, 2.05) is 0 Å². The highest BCUT2D eigenvalue weighted by atomic mass is 15.3. The van der Waals surface area contributed by atoms with Gasteiger partial charge in [0.25, 0.3) is 0 Å². The van der Waals surface area contributed by atoms with Crippen LogP contribution in [0.25, 0.3) is 0 Å². The summed E-state index contributed by atoms with van der Waals surface area (Å²) in [6, 6.07) is 0. The Morgan fingerprint density at radius 2 is 1.42 bits per heavy atom. The van der Waals surface area contributed by atoms with E-state index in [0.29, 0.717) is 0 Å². The molecule has 1 heteroatoms. The average Bonchev–Trinajstić information content (AvgIpc) is 2.12. The van der Waals surface area contributed by atoms with E-state index in [2.05, 4.69) is 27.8 Å². The van der Waals surface area contributed by atoms with Crippen LogP contribution in [0.15, 0.2) is 0 Å². The summed E-state index contributed by atoms with van der Waals surface area (Å²) in [5.74, 6) is 0. The molecular formula is C11H26N+. The normalized spacial score (nSPS) is 12.0. The van der Waals surface area contributed by atoms with Crippen LogP contribution in [0.3, 0.4) is 0 Å². The van der Waals surface area contributed by atoms with Crippen LogP contribution in [0.4, 0.5) is 0 Å². The first-order valence-corrected chi connectivity index (χ1v) is 5.52. The van der Waals surface area contributed by atoms with Crippen molar-refractivity contribution in [2.75, 3.05) is 26.7 Å². The molecule has 0 N–H and O–H groups in total. The molecule has 0 atom stereocenters. The van der Waals surface area contributed by atoms with Crippen molar-refractivity contribution < 1.29 is 4.48 Å². The molecule has 0 fully saturated rings. The molecule has 0 aromatic carbocycles. The van der Waals surface area contributed by atoms with Gasteiger partial charge in [0.05, 0.1) is 26.7 Å². The third kappa shape index (κ3) is 4.76. The number of hydrogen-bond donors (Lipinski definition) is 0. The zero-order chi connectivity index (χ0) is 9.45. The molecule has 0 aliphatic carbocycles. The van der Waals surface area contributed by atoms with Crippen molar-refractivity contribution in [1.29, 1.82) is 0 Å². The predicted octanol–water partition coefficient (Wildman–Crippen LogP) is 3.05. The van der Waals surface area contributed by atoms with Crippen LogP contribution in [0, 0.1) is 0 Å². The fraction of sp³-hybridized carbons (Fsp3) is 1.00. The van der Waals surface area contributed by atoms with E-state index in [1.54, 1.807) is 0 Å². The Morgan fingerprint density at radius 3 is 1.83 bits per heavy atom. The van der Waals surface area contributed by atoms with Gasteiger partial charge >= 0.3 is 0 Å². The van der Waals surface area contributed by atoms with Gasteiger partial charge in [-0.1, -0.05) is 19.8 Å². The molecule has 12 heavy (non-hydrogen) atoms. The molecule has 0 saturated carbocycles. The summed E-state index contributed by atoms with van der Waals surface area (Å²) in [7, 11) is 2.37. The third-order valence-electron chi connectivity index (χ3n) is 3.08. The third-order valence-corrected chi connectivity index (χ3v) is 3.08. The maximum Gasteiger partial charge on any atom is 0.0784 e. The van der Waals surface area contributed by atoms with E-state index in [-0.39, 0.29) is 0 Å². The number of hydrogen-bond acceptors (Lipinski definition) is 0. The molecule has 0 aliphatic rings. The highest BCUT2D eigenvalue weighted by Gasteiger charge is 2.14. The average molecular weight is 172 g/mol. The van der Waals surface area contributed by atoms with Crippen molar-refractivity contribution in [2.24, 2.45) is 0 Å². The number of nitrogens with zero attached hydrogens (tertiary/aromatic N) is 1. The van der Waals surface area contributed by atoms with E-state index in [1.165, 1.54) is 49.8 Å². The van der Waals surface area contributed by atoms with Crippen molar-refractivity contribution in [2.45, 2.75) is 46.5 Å². The lowest BCUT2D eigenvalue weighted by atomic mass is 10.2. The molecule has 0 heterocycles. The van der Waals surface area contributed by atoms with Gasteiger partial charge < -0.3 is 4.48 Å². The van der Waals surface area contributed by atoms with E-state index in [9.17, 15) is 0 Å². The zero-order valence-corrected chi connectivity index (χ0v) is 9.40. The van der Waals surface area contributed by atoms with Gasteiger partial charge in [-0.05, 0) is 26.7 Å². The first kappa shape index (κ1) is 12.0. The summed E-state index contributed by atoms with van der Waals surface area (Å²) in [4.78, 5) is 0. The fourth-order valence-electron chi connectivity index (χ4n) is 1.46. The molecule has 0 spiro atoms. The molecule has 0 saturated heterocycles. The van der Waals surface area contributed by atoms with Gasteiger partial charge in [-0.3, -0.25) is 0 Å². The highest BCUT2D eigenvalue weighted by Crippen LogP contribution is 2.06. The lowest BCUT2D eigenvalue weighted by molar-refractivity contribution is -0.906. The highest BCUT2D eigenvalue weighted by molar-refractivity contribution is 4.41. The lowest BCUT2D eigenvalue weighted by Crippen LogP contribution is -2.44. The Hall–Kier alpha value is -0.0400. The smallest absolute Gasteiger partial charge is 0.0784 e. The summed E-state index contributed by atoms with van der Waals surface area (Å²) in [5.41, 5.74) is 0. The molecule has 0 aromatic heterocycles. The van der Waals surface area contributed by atoms with Gasteiger partial charge in [0, 0.05) is 0 Å². The van der Waals surface area contributed by atoms with Crippen molar-refractivity contribution in [1.82, 2.24) is 0 Å². The van der Waals surface area contributed by atoms with Gasteiger partial charge in [-0.2, -0.15) is 0 Å². The Bertz CT molecular complexity index is 95.2. The molecule has 0 aromatic rings. The molecule has 74 valence electrons. The summed E-state index contributed by atoms with van der Waals surface area (Å²) in [6.07, 6.45) is 5.59. The minimum atomic E-state index is 1.25. The zero-order valence-electron chi connectivity index (χ0n) is 9.40. The predicted molar refractivity (Wildman–Crippen MR) is 56.3 cm³/mol. The van der Waals surface area contributed by atoms with Crippen LogP contribution in [-0.4, -0.2) is 31.2 Å². The first-order valence-electron chi connectivity index (χ1n) is 5.52. The molecule has 0 radical (unpaired) electrons. The fourth-order valence-corrected chi connectivity index (χ4v) is 1.46. The number of unbranched alkanes of at least 4 members (excludes halogenated alkanes) is 3. The van der Waals surface area contributed by atoms with Crippen LogP contribution in [0.1, 0.15) is 46.5 Å². The topological polar surface area (TPSA) is 0 Å². The van der Waals surface area contributed by atoms with Crippen LogP contribution >= 0.6 is 0 Å². The largest absolute Gasteiger partial charge is 0.327 e. The van der Waals surface area contributed by atoms with Gasteiger partial charge in [-0.25, -0.2) is 0 Å². The summed E-state index contributed by atoms with van der Waals surface area (Å²) in [6.45, 7) is 10.8. The Kier molecular flexibility index (Phi) is 6.45. The van der Waals surface area contributed by atoms with E-state index < -0.39 is 0 Å². The van der Waals surface area contributed by atoms with Gasteiger partial charge in [0.15, 0.2) is 0 Å². The monoisotopic (exact) mass is 172 g/mol. The summed E-state index contributed by atoms with van der Waals surface area (Å²) >= 11 is 0. The minimum Gasteiger partial charge on any atom is -0.327 e. The second kappa shape index (κ2) is 6.47. The van der Waals surface area contributed by atoms with Crippen molar-refractivity contribution in [3.05, 3.63) is 0 Å². The van der Waals surface area contributed by atoms with Crippen LogP contribution in [-0.2, 0) is 0 Å². The first-order chi connectivity index (χ1) is 5.68. The van der Waals surface area contributed by atoms with Crippen LogP contribution in [0.5, 0.6) is 0 Å². The van der Waals surface area contributed by atoms with Crippen LogP contribution < -0.4 is 0 Å². The van der Waals surface area contributed by atoms with Crippen molar-refractivity contribution in [3.63, 3.8) is 0 Å². The standard InChI is InChI=1S/C11H26N/c1-5-8-9-10-11-12(4,6-2)7-3/h5-11H2,1-4H3/q+1. The lowest BCUT2D eigenvalue weighted by Gasteiger charge is -2.32. The molecule has 0 bridgehead atoms. The molecule has 0 rings (SSSR count). The summed E-state index contributed by atoms with van der Waals surface area (Å²) in [5, 5.41) is 0. The molecule has 0 unspecified atom stereocenters. The van der Waals surface area contributed by atoms with E-state index in [4.69, 9.17) is 0 Å². The molecule has 1 nitrogen and oxygen atoms in total. The van der Waals surface area contributed by atoms with E-state index >= 15 is 0 Å². The van der Waals surface area contributed by atoms with Gasteiger partial charge in [0.1, 0.15) is 0 Å². The molecule has 0 amide bonds. The second-order valence-electron chi connectivity index (χ2n) is 4.04. The van der Waals surface area contributed by atoms with Crippen LogP contribution in [0.2, 0.25) is 0 Å². The quantitative estimate of drug-likeness (QED) is 0.409. The van der Waals surface area contributed by atoms with Gasteiger partial charge in [0.2, 0.25) is 0 Å². The second-order valence-corrected chi connectivity index (χ2v) is 4.04. The molecule has 0 aliphatic heterocycles. The van der Waals surface area contributed by atoms with Crippen molar-refractivity contribution >= 4 is 0 Å². The van der Waals surface area contributed by atoms with E-state index in [0.717, 1.165) is 0 Å². The minimum absolute atomic E-state index is 1.25. The maximum absolute atomic E-state index is 2.37. The maximum atomic E-state index is 2.37. The van der Waals surface area contributed by atoms with Crippen molar-refractivity contribution in [3.8, 4) is 0 Å². The Labute approximate surface area is 78.4 Å². The molecular weight excluding hydrogens is 146 g/mol. The Balaban J connectivity index is 3.45. The number of quaternary nitrogens is 1. The summed E-state index contributed by atoms with van der Waals surface area (Å²) < 4.78 is 1.25. The SMILES string of the molecule is CCCCCC[N+](C)(CC)CC.